The first kappa shape index (κ1) is 13.1. The molecule has 1 aromatic rings. The molecule has 0 heterocycles. The van der Waals surface area contributed by atoms with Crippen LogP contribution < -0.4 is 0 Å². The normalized spacial score (nSPS) is 14.6. The molecule has 0 atom stereocenters. The largest absolute Gasteiger partial charge is 0.296 e. The zero-order chi connectivity index (χ0) is 12.3. The summed E-state index contributed by atoms with van der Waals surface area (Å²) in [7, 11) is 0. The van der Waals surface area contributed by atoms with Gasteiger partial charge in [-0.15, -0.1) is 0 Å². The van der Waals surface area contributed by atoms with Crippen molar-refractivity contribution in [3.63, 3.8) is 0 Å². The summed E-state index contributed by atoms with van der Waals surface area (Å²) >= 11 is 3.54. The maximum atomic E-state index is 3.54. The molecule has 0 saturated carbocycles. The van der Waals surface area contributed by atoms with Crippen LogP contribution in [0.4, 0.5) is 0 Å². The van der Waals surface area contributed by atoms with Crippen molar-refractivity contribution in [2.24, 2.45) is 0 Å². The Morgan fingerprint density at radius 2 is 2.00 bits per heavy atom. The van der Waals surface area contributed by atoms with Crippen molar-refractivity contribution in [1.82, 2.24) is 4.90 Å². The minimum absolute atomic E-state index is 0.612. The van der Waals surface area contributed by atoms with Crippen LogP contribution in [-0.2, 0) is 19.4 Å². The number of benzene rings is 1. The summed E-state index contributed by atoms with van der Waals surface area (Å²) in [6.07, 6.45) is 3.91. The molecule has 0 aliphatic heterocycles. The fraction of sp³-hybridized carbons (Fsp3) is 0.600. The highest BCUT2D eigenvalue weighted by molar-refractivity contribution is 9.09. The Hall–Kier alpha value is -0.340. The molecule has 0 aromatic heterocycles. The Kier molecular flexibility index (Phi) is 4.63. The predicted molar refractivity (Wildman–Crippen MR) is 77.8 cm³/mol. The minimum Gasteiger partial charge on any atom is -0.296 e. The highest BCUT2D eigenvalue weighted by Crippen LogP contribution is 2.23. The number of fused-ring (bicyclic) bond motifs is 1. The molecule has 0 unspecified atom stereocenters. The van der Waals surface area contributed by atoms with Crippen molar-refractivity contribution in [2.75, 3.05) is 11.9 Å². The van der Waals surface area contributed by atoms with E-state index in [2.05, 4.69) is 52.9 Å². The van der Waals surface area contributed by atoms with Gasteiger partial charge in [0.05, 0.1) is 0 Å². The van der Waals surface area contributed by atoms with Crippen LogP contribution in [0.5, 0.6) is 0 Å². The number of halogens is 1. The van der Waals surface area contributed by atoms with Gasteiger partial charge in [-0.1, -0.05) is 34.1 Å². The highest BCUT2D eigenvalue weighted by Gasteiger charge is 2.13. The van der Waals surface area contributed by atoms with E-state index in [4.69, 9.17) is 0 Å². The molecular weight excluding hydrogens is 274 g/mol. The number of rotatable bonds is 5. The fourth-order valence-corrected chi connectivity index (χ4v) is 3.04. The Balaban J connectivity index is 2.07. The van der Waals surface area contributed by atoms with Crippen LogP contribution in [-0.4, -0.2) is 22.8 Å². The number of aryl methyl sites for hydroxylation is 2. The second-order valence-corrected chi connectivity index (χ2v) is 6.00. The Morgan fingerprint density at radius 3 is 2.71 bits per heavy atom. The average molecular weight is 296 g/mol. The second kappa shape index (κ2) is 6.01. The van der Waals surface area contributed by atoms with Crippen LogP contribution in [0.15, 0.2) is 18.2 Å². The molecule has 17 heavy (non-hydrogen) atoms. The molecule has 1 nitrogen and oxygen atoms in total. The van der Waals surface area contributed by atoms with Crippen molar-refractivity contribution in [1.29, 1.82) is 0 Å². The molecule has 0 N–H and O–H groups in total. The lowest BCUT2D eigenvalue weighted by Gasteiger charge is -2.25. The van der Waals surface area contributed by atoms with Crippen LogP contribution in [0.2, 0.25) is 0 Å². The van der Waals surface area contributed by atoms with E-state index in [0.717, 1.165) is 18.4 Å². The van der Waals surface area contributed by atoms with Gasteiger partial charge in [0, 0.05) is 24.5 Å². The number of nitrogens with zero attached hydrogens (tertiary/aromatic N) is 1. The molecule has 0 amide bonds. The topological polar surface area (TPSA) is 3.24 Å². The summed E-state index contributed by atoms with van der Waals surface area (Å²) in [5.41, 5.74) is 4.63. The van der Waals surface area contributed by atoms with E-state index < -0.39 is 0 Å². The van der Waals surface area contributed by atoms with E-state index in [9.17, 15) is 0 Å². The van der Waals surface area contributed by atoms with E-state index in [1.165, 1.54) is 24.8 Å². The highest BCUT2D eigenvalue weighted by atomic mass is 79.9. The van der Waals surface area contributed by atoms with Crippen LogP contribution in [0.25, 0.3) is 0 Å². The second-order valence-electron chi connectivity index (χ2n) is 5.21. The third-order valence-corrected chi connectivity index (χ3v) is 4.01. The first-order valence-electron chi connectivity index (χ1n) is 6.61. The summed E-state index contributed by atoms with van der Waals surface area (Å²) in [5, 5.41) is 1.05. The van der Waals surface area contributed by atoms with E-state index in [0.29, 0.717) is 6.04 Å². The summed E-state index contributed by atoms with van der Waals surface area (Å²) < 4.78 is 0. The van der Waals surface area contributed by atoms with E-state index in [1.807, 2.05) is 0 Å². The van der Waals surface area contributed by atoms with E-state index in [-0.39, 0.29) is 0 Å². The van der Waals surface area contributed by atoms with Crippen LogP contribution in [0, 0.1) is 0 Å². The average Bonchev–Trinajstić information content (AvgIpc) is 2.75. The van der Waals surface area contributed by atoms with Crippen LogP contribution in [0.1, 0.15) is 37.0 Å². The third-order valence-electron chi connectivity index (χ3n) is 3.65. The van der Waals surface area contributed by atoms with Crippen molar-refractivity contribution in [3.05, 3.63) is 34.9 Å². The molecule has 2 rings (SSSR count). The van der Waals surface area contributed by atoms with Crippen molar-refractivity contribution in [3.8, 4) is 0 Å². The zero-order valence-corrected chi connectivity index (χ0v) is 12.5. The van der Waals surface area contributed by atoms with Crippen molar-refractivity contribution >= 4 is 15.9 Å². The van der Waals surface area contributed by atoms with Gasteiger partial charge < -0.3 is 0 Å². The van der Waals surface area contributed by atoms with Crippen molar-refractivity contribution < 1.29 is 0 Å². The van der Waals surface area contributed by atoms with Gasteiger partial charge in [-0.3, -0.25) is 4.90 Å². The summed E-state index contributed by atoms with van der Waals surface area (Å²) in [5.74, 6) is 0. The SMILES string of the molecule is CC(C)N(CCBr)Cc1ccc2c(c1)CCC2. The molecule has 1 aliphatic rings. The molecule has 94 valence electrons. The smallest absolute Gasteiger partial charge is 0.0236 e. The summed E-state index contributed by atoms with van der Waals surface area (Å²) in [6.45, 7) is 6.75. The van der Waals surface area contributed by atoms with E-state index >= 15 is 0 Å². The predicted octanol–water partition coefficient (Wildman–Crippen LogP) is 3.78. The monoisotopic (exact) mass is 295 g/mol. The van der Waals surface area contributed by atoms with Crippen LogP contribution >= 0.6 is 15.9 Å². The van der Waals surface area contributed by atoms with Gasteiger partial charge in [0.1, 0.15) is 0 Å². The summed E-state index contributed by atoms with van der Waals surface area (Å²) in [4.78, 5) is 2.52. The quantitative estimate of drug-likeness (QED) is 0.747. The molecule has 0 spiro atoms. The number of hydrogen-bond acceptors (Lipinski definition) is 1. The molecule has 2 heteroatoms. The van der Waals surface area contributed by atoms with Gasteiger partial charge in [0.25, 0.3) is 0 Å². The first-order chi connectivity index (χ1) is 8.20. The minimum atomic E-state index is 0.612. The van der Waals surface area contributed by atoms with Gasteiger partial charge in [-0.25, -0.2) is 0 Å². The molecule has 0 radical (unpaired) electrons. The molecule has 0 fully saturated rings. The Bertz CT molecular complexity index is 373. The van der Waals surface area contributed by atoms with Gasteiger partial charge in [-0.05, 0) is 49.8 Å². The molecule has 1 aromatic carbocycles. The molecule has 0 saturated heterocycles. The Labute approximate surface area is 113 Å². The van der Waals surface area contributed by atoms with Crippen molar-refractivity contribution in [2.45, 2.75) is 45.7 Å². The number of alkyl halides is 1. The lowest BCUT2D eigenvalue weighted by atomic mass is 10.1. The van der Waals surface area contributed by atoms with Gasteiger partial charge >= 0.3 is 0 Å². The maximum absolute atomic E-state index is 3.54. The molecular formula is C15H22BrN. The third kappa shape index (κ3) is 3.32. The fourth-order valence-electron chi connectivity index (χ4n) is 2.59. The standard InChI is InChI=1S/C15H22BrN/c1-12(2)17(9-8-16)11-13-6-7-14-4-3-5-15(14)10-13/h6-7,10,12H,3-5,8-9,11H2,1-2H3. The zero-order valence-electron chi connectivity index (χ0n) is 10.9. The lowest BCUT2D eigenvalue weighted by molar-refractivity contribution is 0.227. The first-order valence-corrected chi connectivity index (χ1v) is 7.73. The van der Waals surface area contributed by atoms with Gasteiger partial charge in [0.15, 0.2) is 0 Å². The van der Waals surface area contributed by atoms with Gasteiger partial charge in [0.2, 0.25) is 0 Å². The van der Waals surface area contributed by atoms with Crippen LogP contribution in [0.3, 0.4) is 0 Å². The molecule has 0 bridgehead atoms. The van der Waals surface area contributed by atoms with E-state index in [1.54, 1.807) is 11.1 Å². The summed E-state index contributed by atoms with van der Waals surface area (Å²) in [6, 6.07) is 7.69. The molecule has 1 aliphatic carbocycles. The van der Waals surface area contributed by atoms with Gasteiger partial charge in [-0.2, -0.15) is 0 Å². The maximum Gasteiger partial charge on any atom is 0.0236 e. The Morgan fingerprint density at radius 1 is 1.24 bits per heavy atom. The lowest BCUT2D eigenvalue weighted by Crippen LogP contribution is -2.32. The number of hydrogen-bond donors (Lipinski definition) is 0.